The Balaban J connectivity index is 1.88. The number of hydrogen-bond acceptors (Lipinski definition) is 3. The third-order valence-corrected chi connectivity index (χ3v) is 8.36. The van der Waals surface area contributed by atoms with Crippen molar-refractivity contribution in [2.45, 2.75) is 63.3 Å². The number of fused-ring (bicyclic) bond motifs is 2. The molecule has 3 nitrogen and oxygen atoms in total. The van der Waals surface area contributed by atoms with E-state index in [4.69, 9.17) is 4.74 Å². The van der Waals surface area contributed by atoms with Crippen LogP contribution in [0.15, 0.2) is 24.3 Å². The number of halogens is 1. The van der Waals surface area contributed by atoms with E-state index in [9.17, 15) is 9.18 Å². The Morgan fingerprint density at radius 3 is 2.50 bits per heavy atom. The summed E-state index contributed by atoms with van der Waals surface area (Å²) < 4.78 is 17.9. The van der Waals surface area contributed by atoms with Crippen LogP contribution in [0.4, 0.5) is 4.39 Å². The molecule has 0 N–H and O–H groups in total. The number of esters is 1. The third kappa shape index (κ3) is 3.74. The topological polar surface area (TPSA) is 29.5 Å². The third-order valence-electron chi connectivity index (χ3n) is 6.29. The molecule has 4 atom stereocenters. The zero-order valence-corrected chi connectivity index (χ0v) is 17.5. The van der Waals surface area contributed by atoms with Crippen LogP contribution < -0.4 is 5.19 Å². The number of nitrogens with zero attached hydrogens (tertiary/aromatic N) is 1. The number of ether oxygens (including phenoxy) is 1. The molecule has 2 bridgehead atoms. The molecular formula is C21H32FNO2Si. The summed E-state index contributed by atoms with van der Waals surface area (Å²) in [5, 5.41) is 1.44. The number of hydrogen-bond donors (Lipinski definition) is 0. The minimum Gasteiger partial charge on any atom is -0.469 e. The van der Waals surface area contributed by atoms with Crippen molar-refractivity contribution in [2.24, 2.45) is 5.92 Å². The number of alkyl halides is 1. The van der Waals surface area contributed by atoms with E-state index in [-0.39, 0.29) is 30.5 Å². The summed E-state index contributed by atoms with van der Waals surface area (Å²) >= 11 is 0. The van der Waals surface area contributed by atoms with Gasteiger partial charge in [-0.25, -0.2) is 0 Å². The molecule has 0 unspecified atom stereocenters. The van der Waals surface area contributed by atoms with Crippen molar-refractivity contribution in [1.82, 2.24) is 4.90 Å². The van der Waals surface area contributed by atoms with Gasteiger partial charge in [-0.3, -0.25) is 14.1 Å². The highest BCUT2D eigenvalue weighted by atomic mass is 28.3. The van der Waals surface area contributed by atoms with Crippen LogP contribution in [-0.2, 0) is 9.53 Å². The lowest BCUT2D eigenvalue weighted by Gasteiger charge is -2.43. The van der Waals surface area contributed by atoms with Gasteiger partial charge in [0.25, 0.3) is 0 Å². The molecule has 1 aromatic carbocycles. The lowest BCUT2D eigenvalue weighted by atomic mass is 9.76. The molecule has 0 amide bonds. The van der Waals surface area contributed by atoms with Crippen LogP contribution in [0.1, 0.15) is 37.2 Å². The largest absolute Gasteiger partial charge is 0.469 e. The van der Waals surface area contributed by atoms with Crippen molar-refractivity contribution in [3.05, 3.63) is 29.8 Å². The molecule has 26 heavy (non-hydrogen) atoms. The molecule has 0 aliphatic carbocycles. The predicted molar refractivity (Wildman–Crippen MR) is 106 cm³/mol. The maximum Gasteiger partial charge on any atom is 0.310 e. The second kappa shape index (κ2) is 7.81. The fourth-order valence-electron chi connectivity index (χ4n) is 4.93. The maximum atomic E-state index is 12.7. The molecule has 2 heterocycles. The van der Waals surface area contributed by atoms with Crippen molar-refractivity contribution in [1.29, 1.82) is 0 Å². The minimum atomic E-state index is -1.33. The summed E-state index contributed by atoms with van der Waals surface area (Å²) in [7, 11) is 0.159. The summed E-state index contributed by atoms with van der Waals surface area (Å²) in [5.41, 5.74) is 1.25. The molecule has 0 radical (unpaired) electrons. The molecular weight excluding hydrogens is 345 g/mol. The lowest BCUT2D eigenvalue weighted by molar-refractivity contribution is -0.150. The molecule has 2 aliphatic rings. The fraction of sp³-hybridized carbons (Fsp3) is 0.667. The highest BCUT2D eigenvalue weighted by molar-refractivity contribution is 6.88. The Bertz CT molecular complexity index is 628. The Morgan fingerprint density at radius 2 is 1.92 bits per heavy atom. The first-order valence-corrected chi connectivity index (χ1v) is 13.4. The number of benzene rings is 1. The van der Waals surface area contributed by atoms with Crippen LogP contribution in [0.2, 0.25) is 19.6 Å². The SMILES string of the molecule is COC(=O)[C@H]1[C@@H](c2ccc([Si](C)(C)C)cc2)C[C@@H]2CC[C@H]1N2CCCF. The average molecular weight is 378 g/mol. The summed E-state index contributed by atoms with van der Waals surface area (Å²) in [4.78, 5) is 15.1. The summed E-state index contributed by atoms with van der Waals surface area (Å²) in [6.45, 7) is 7.51. The lowest BCUT2D eigenvalue weighted by Crippen LogP contribution is -2.51. The second-order valence-electron chi connectivity index (χ2n) is 8.84. The van der Waals surface area contributed by atoms with E-state index in [1.54, 1.807) is 0 Å². The van der Waals surface area contributed by atoms with E-state index in [1.165, 1.54) is 17.9 Å². The number of rotatable bonds is 6. The van der Waals surface area contributed by atoms with Crippen molar-refractivity contribution in [3.8, 4) is 0 Å². The molecule has 144 valence electrons. The first-order chi connectivity index (χ1) is 12.4. The van der Waals surface area contributed by atoms with Crippen molar-refractivity contribution >= 4 is 19.2 Å². The van der Waals surface area contributed by atoms with Gasteiger partial charge in [-0.05, 0) is 31.2 Å². The summed E-state index contributed by atoms with van der Waals surface area (Å²) in [5.74, 6) is -0.0479. The van der Waals surface area contributed by atoms with E-state index in [2.05, 4.69) is 48.8 Å². The van der Waals surface area contributed by atoms with E-state index in [1.807, 2.05) is 0 Å². The second-order valence-corrected chi connectivity index (χ2v) is 13.9. The number of methoxy groups -OCH3 is 1. The van der Waals surface area contributed by atoms with Gasteiger partial charge in [-0.15, -0.1) is 0 Å². The summed E-state index contributed by atoms with van der Waals surface area (Å²) in [6.07, 6.45) is 3.64. The van der Waals surface area contributed by atoms with Crippen molar-refractivity contribution in [2.75, 3.05) is 20.3 Å². The quantitative estimate of drug-likeness (QED) is 0.559. The molecule has 0 spiro atoms. The van der Waals surface area contributed by atoms with Gasteiger partial charge in [-0.1, -0.05) is 49.1 Å². The van der Waals surface area contributed by atoms with Gasteiger partial charge in [0.2, 0.25) is 0 Å². The molecule has 2 aliphatic heterocycles. The smallest absolute Gasteiger partial charge is 0.310 e. The summed E-state index contributed by atoms with van der Waals surface area (Å²) in [6, 6.07) is 9.62. The molecule has 5 heteroatoms. The fourth-order valence-corrected chi connectivity index (χ4v) is 6.10. The average Bonchev–Trinajstić information content (AvgIpc) is 2.89. The molecule has 0 saturated carbocycles. The van der Waals surface area contributed by atoms with Gasteiger partial charge in [0.15, 0.2) is 0 Å². The van der Waals surface area contributed by atoms with Gasteiger partial charge in [0.1, 0.15) is 0 Å². The van der Waals surface area contributed by atoms with Gasteiger partial charge in [0.05, 0.1) is 27.8 Å². The van der Waals surface area contributed by atoms with Crippen LogP contribution in [0.5, 0.6) is 0 Å². The molecule has 1 aromatic rings. The zero-order valence-electron chi connectivity index (χ0n) is 16.5. The van der Waals surface area contributed by atoms with Crippen LogP contribution >= 0.6 is 0 Å². The van der Waals surface area contributed by atoms with Gasteiger partial charge < -0.3 is 4.74 Å². The van der Waals surface area contributed by atoms with Crippen LogP contribution in [0, 0.1) is 5.92 Å². The number of carbonyl (C=O) groups is 1. The van der Waals surface area contributed by atoms with E-state index in [0.717, 1.165) is 25.8 Å². The molecule has 3 rings (SSSR count). The molecule has 2 saturated heterocycles. The van der Waals surface area contributed by atoms with Crippen LogP contribution in [-0.4, -0.2) is 51.4 Å². The van der Waals surface area contributed by atoms with Crippen molar-refractivity contribution in [3.63, 3.8) is 0 Å². The van der Waals surface area contributed by atoms with E-state index >= 15 is 0 Å². The maximum absolute atomic E-state index is 12.7. The standard InChI is InChI=1S/C21H32FNO2Si/c1-25-21(24)20-18(15-6-9-17(10-7-15)26(2,3)4)14-16-8-11-19(20)23(16)13-5-12-22/h6-7,9-10,16,18-20H,5,8,11-14H2,1-4H3/t16-,18+,19+,20-/m0/s1. The van der Waals surface area contributed by atoms with Gasteiger partial charge in [0, 0.05) is 24.5 Å². The normalized spacial score (nSPS) is 29.0. The minimum absolute atomic E-state index is 0.111. The monoisotopic (exact) mass is 377 g/mol. The van der Waals surface area contributed by atoms with E-state index < -0.39 is 8.07 Å². The van der Waals surface area contributed by atoms with Crippen LogP contribution in [0.25, 0.3) is 0 Å². The van der Waals surface area contributed by atoms with Crippen molar-refractivity contribution < 1.29 is 13.9 Å². The van der Waals surface area contributed by atoms with Gasteiger partial charge in [-0.2, -0.15) is 0 Å². The van der Waals surface area contributed by atoms with Crippen LogP contribution in [0.3, 0.4) is 0 Å². The Labute approximate surface area is 157 Å². The van der Waals surface area contributed by atoms with E-state index in [0.29, 0.717) is 12.5 Å². The highest BCUT2D eigenvalue weighted by Gasteiger charge is 2.50. The first kappa shape index (κ1) is 19.6. The zero-order chi connectivity index (χ0) is 18.9. The Kier molecular flexibility index (Phi) is 5.87. The van der Waals surface area contributed by atoms with Gasteiger partial charge >= 0.3 is 5.97 Å². The number of piperidine rings is 1. The first-order valence-electron chi connectivity index (χ1n) is 9.86. The predicted octanol–water partition coefficient (Wildman–Crippen LogP) is 3.70. The Hall–Kier alpha value is -1.20. The highest BCUT2D eigenvalue weighted by Crippen LogP contribution is 2.47. The number of carbonyl (C=O) groups excluding carboxylic acids is 1. The Morgan fingerprint density at radius 1 is 1.23 bits per heavy atom. The molecule has 0 aromatic heterocycles. The molecule has 2 fully saturated rings.